The lowest BCUT2D eigenvalue weighted by atomic mass is 9.90. The molecule has 7 nitrogen and oxygen atoms in total. The van der Waals surface area contributed by atoms with E-state index in [1.165, 1.54) is 25.5 Å². The fraction of sp³-hybridized carbons (Fsp3) is 0.488. The van der Waals surface area contributed by atoms with Crippen molar-refractivity contribution in [3.63, 3.8) is 0 Å². The summed E-state index contributed by atoms with van der Waals surface area (Å²) in [4.78, 5) is 35.0. The Labute approximate surface area is 293 Å². The molecule has 8 heteroatoms. The number of sulfone groups is 1. The Morgan fingerprint density at radius 1 is 0.878 bits per heavy atom. The third-order valence-corrected chi connectivity index (χ3v) is 10.9. The maximum absolute atomic E-state index is 13.6. The number of benzene rings is 2. The number of ketones is 1. The van der Waals surface area contributed by atoms with Crippen LogP contribution >= 0.6 is 0 Å². The van der Waals surface area contributed by atoms with Crippen LogP contribution in [0.2, 0.25) is 0 Å². The highest BCUT2D eigenvalue weighted by Gasteiger charge is 2.25. The number of carbonyl (C=O) groups is 2. The molecule has 49 heavy (non-hydrogen) atoms. The minimum absolute atomic E-state index is 0.0207. The van der Waals surface area contributed by atoms with E-state index in [2.05, 4.69) is 36.1 Å². The first-order valence-corrected chi connectivity index (χ1v) is 19.8. The van der Waals surface area contributed by atoms with Gasteiger partial charge in [0, 0.05) is 53.8 Å². The van der Waals surface area contributed by atoms with Gasteiger partial charge in [-0.2, -0.15) is 0 Å². The molecule has 264 valence electrons. The molecule has 0 aliphatic rings. The SMILES string of the molecule is CCCCCCCc1ccc(S(=O)(=O)Cc2cccc(CC(=O)C[C@H](Cc3c[nH]c4ccccc34)C(=O)NC(C)CCCC(C)C)c2)cn1. The number of para-hydroxylation sites is 1. The number of H-pyrrole nitrogens is 1. The van der Waals surface area contributed by atoms with Crippen molar-refractivity contribution < 1.29 is 18.0 Å². The van der Waals surface area contributed by atoms with E-state index in [0.29, 0.717) is 17.9 Å². The van der Waals surface area contributed by atoms with E-state index in [0.717, 1.165) is 66.2 Å². The molecule has 0 aliphatic heterocycles. The molecular weight excluding hydrogens is 631 g/mol. The number of aryl methyl sites for hydroxylation is 1. The highest BCUT2D eigenvalue weighted by Crippen LogP contribution is 2.24. The van der Waals surface area contributed by atoms with Crippen LogP contribution in [0, 0.1) is 11.8 Å². The Bertz CT molecular complexity index is 1740. The van der Waals surface area contributed by atoms with Crippen LogP contribution in [-0.2, 0) is 44.4 Å². The second-order valence-corrected chi connectivity index (χ2v) is 16.1. The van der Waals surface area contributed by atoms with E-state index >= 15 is 0 Å². The molecule has 4 rings (SSSR count). The zero-order chi connectivity index (χ0) is 35.2. The van der Waals surface area contributed by atoms with Crippen molar-refractivity contribution in [2.45, 2.75) is 121 Å². The highest BCUT2D eigenvalue weighted by atomic mass is 32.2. The monoisotopic (exact) mass is 685 g/mol. The summed E-state index contributed by atoms with van der Waals surface area (Å²) in [5, 5.41) is 4.24. The topological polar surface area (TPSA) is 109 Å². The third kappa shape index (κ3) is 12.2. The van der Waals surface area contributed by atoms with Gasteiger partial charge in [0.05, 0.1) is 10.6 Å². The molecule has 0 bridgehead atoms. The number of aromatic amines is 1. The van der Waals surface area contributed by atoms with Crippen LogP contribution in [0.3, 0.4) is 0 Å². The van der Waals surface area contributed by atoms with E-state index in [4.69, 9.17) is 0 Å². The molecule has 0 fully saturated rings. The molecule has 1 amide bonds. The number of aromatic nitrogens is 2. The van der Waals surface area contributed by atoms with Crippen molar-refractivity contribution in [1.82, 2.24) is 15.3 Å². The number of hydrogen-bond acceptors (Lipinski definition) is 5. The Morgan fingerprint density at radius 2 is 1.65 bits per heavy atom. The van der Waals surface area contributed by atoms with E-state index in [9.17, 15) is 18.0 Å². The summed E-state index contributed by atoms with van der Waals surface area (Å²) >= 11 is 0. The van der Waals surface area contributed by atoms with Crippen molar-refractivity contribution in [3.05, 3.63) is 95.4 Å². The number of hydrogen-bond donors (Lipinski definition) is 2. The number of nitrogens with one attached hydrogen (secondary N) is 2. The lowest BCUT2D eigenvalue weighted by molar-refractivity contribution is -0.129. The summed E-state index contributed by atoms with van der Waals surface area (Å²) in [6.07, 6.45) is 13.8. The predicted molar refractivity (Wildman–Crippen MR) is 199 cm³/mol. The molecule has 2 aromatic carbocycles. The normalized spacial score (nSPS) is 13.1. The van der Waals surface area contributed by atoms with Crippen molar-refractivity contribution in [3.8, 4) is 0 Å². The number of unbranched alkanes of at least 4 members (excludes halogenated alkanes) is 4. The number of nitrogens with zero attached hydrogens (tertiary/aromatic N) is 1. The Morgan fingerprint density at radius 3 is 2.41 bits per heavy atom. The van der Waals surface area contributed by atoms with Gasteiger partial charge in [0.25, 0.3) is 0 Å². The average molecular weight is 686 g/mol. The molecule has 4 aromatic rings. The second kappa shape index (κ2) is 18.8. The van der Waals surface area contributed by atoms with Gasteiger partial charge in [0.1, 0.15) is 5.78 Å². The zero-order valence-corrected chi connectivity index (χ0v) is 30.7. The number of pyridine rings is 1. The summed E-state index contributed by atoms with van der Waals surface area (Å²) in [5.74, 6) is -0.233. The smallest absolute Gasteiger partial charge is 0.224 e. The zero-order valence-electron chi connectivity index (χ0n) is 29.8. The second-order valence-electron chi connectivity index (χ2n) is 14.1. The van der Waals surface area contributed by atoms with Crippen molar-refractivity contribution in [2.24, 2.45) is 11.8 Å². The summed E-state index contributed by atoms with van der Waals surface area (Å²) in [7, 11) is -3.61. The molecular formula is C41H55N3O4S. The van der Waals surface area contributed by atoms with Gasteiger partial charge in [0.15, 0.2) is 9.84 Å². The fourth-order valence-electron chi connectivity index (χ4n) is 6.45. The summed E-state index contributed by atoms with van der Waals surface area (Å²) < 4.78 is 26.6. The number of Topliss-reactive ketones (excluding diaryl/α,β-unsaturated/α-hetero) is 1. The van der Waals surface area contributed by atoms with Crippen molar-refractivity contribution >= 4 is 32.4 Å². The summed E-state index contributed by atoms with van der Waals surface area (Å²) in [5.41, 5.74) is 4.28. The van der Waals surface area contributed by atoms with E-state index in [-0.39, 0.29) is 41.2 Å². The molecule has 0 aliphatic carbocycles. The first-order chi connectivity index (χ1) is 23.5. The Kier molecular flexibility index (Phi) is 14.6. The number of fused-ring (bicyclic) bond motifs is 1. The van der Waals surface area contributed by atoms with Gasteiger partial charge in [-0.3, -0.25) is 14.6 Å². The Hall–Kier alpha value is -3.78. The fourth-order valence-corrected chi connectivity index (χ4v) is 7.72. The first kappa shape index (κ1) is 38.0. The molecule has 0 saturated heterocycles. The lowest BCUT2D eigenvalue weighted by Crippen LogP contribution is -2.39. The van der Waals surface area contributed by atoms with Gasteiger partial charge in [-0.05, 0) is 73.4 Å². The van der Waals surface area contributed by atoms with Crippen LogP contribution in [0.5, 0.6) is 0 Å². The molecule has 2 heterocycles. The minimum atomic E-state index is -3.61. The van der Waals surface area contributed by atoms with Crippen LogP contribution in [0.1, 0.15) is 108 Å². The highest BCUT2D eigenvalue weighted by molar-refractivity contribution is 7.90. The number of amides is 1. The van der Waals surface area contributed by atoms with Crippen LogP contribution in [0.4, 0.5) is 0 Å². The van der Waals surface area contributed by atoms with Crippen LogP contribution < -0.4 is 5.32 Å². The molecule has 0 radical (unpaired) electrons. The van der Waals surface area contributed by atoms with E-state index in [1.807, 2.05) is 49.5 Å². The maximum atomic E-state index is 13.6. The maximum Gasteiger partial charge on any atom is 0.224 e. The minimum Gasteiger partial charge on any atom is -0.361 e. The van der Waals surface area contributed by atoms with Gasteiger partial charge in [-0.15, -0.1) is 0 Å². The quantitative estimate of drug-likeness (QED) is 0.0853. The molecule has 2 aromatic heterocycles. The molecule has 1 unspecified atom stereocenters. The van der Waals surface area contributed by atoms with Gasteiger partial charge >= 0.3 is 0 Å². The third-order valence-electron chi connectivity index (χ3n) is 9.24. The van der Waals surface area contributed by atoms with Crippen molar-refractivity contribution in [1.29, 1.82) is 0 Å². The number of rotatable bonds is 21. The van der Waals surface area contributed by atoms with Crippen LogP contribution in [0.25, 0.3) is 10.9 Å². The van der Waals surface area contributed by atoms with Gasteiger partial charge < -0.3 is 10.3 Å². The van der Waals surface area contributed by atoms with Gasteiger partial charge in [-0.25, -0.2) is 8.42 Å². The first-order valence-electron chi connectivity index (χ1n) is 18.2. The van der Waals surface area contributed by atoms with E-state index in [1.54, 1.807) is 24.3 Å². The van der Waals surface area contributed by atoms with E-state index < -0.39 is 15.8 Å². The summed E-state index contributed by atoms with van der Waals surface area (Å²) in [6, 6.07) is 18.7. The molecule has 2 N–H and O–H groups in total. The summed E-state index contributed by atoms with van der Waals surface area (Å²) in [6.45, 7) is 8.63. The molecule has 2 atom stereocenters. The Balaban J connectivity index is 1.39. The average Bonchev–Trinajstić information content (AvgIpc) is 3.47. The largest absolute Gasteiger partial charge is 0.361 e. The van der Waals surface area contributed by atoms with Gasteiger partial charge in [-0.1, -0.05) is 102 Å². The number of carbonyl (C=O) groups excluding carboxylic acids is 2. The standard InChI is InChI=1S/C41H55N3O4S/c1-5-6-7-8-9-18-36-21-22-38(28-42-36)49(47,48)29-33-17-13-16-32(23-33)24-37(45)26-34(41(46)44-31(4)15-12-14-30(2)3)25-35-27-43-40-20-11-10-19-39(35)40/h10-11,13,16-17,19-23,27-28,30-31,34,43H,5-9,12,14-15,18,24-26,29H2,1-4H3,(H,44,46)/t31?,34-/m0/s1. The molecule has 0 saturated carbocycles. The van der Waals surface area contributed by atoms with Crippen LogP contribution in [0.15, 0.2) is 78.0 Å². The predicted octanol–water partition coefficient (Wildman–Crippen LogP) is 8.74. The lowest BCUT2D eigenvalue weighted by Gasteiger charge is -2.20. The van der Waals surface area contributed by atoms with Gasteiger partial charge in [0.2, 0.25) is 5.91 Å². The molecule has 0 spiro atoms. The van der Waals surface area contributed by atoms with Crippen LogP contribution in [-0.4, -0.2) is 36.1 Å². The van der Waals surface area contributed by atoms with Crippen molar-refractivity contribution in [2.75, 3.05) is 0 Å².